The Morgan fingerprint density at radius 1 is 0.632 bits per heavy atom. The summed E-state index contributed by atoms with van der Waals surface area (Å²) >= 11 is 1.74. The molecular formula is C34H36Cl2SiZr-2. The standard InChI is InChI=1S/2C16H15.C2H6Si.2ClH.Zr/c2*1-12-10-14-8-5-9-15(16(14)11-12)13-6-3-2-4-7-13;1-3-2;;;/h2*2-4,6-7,9-11H,5,8H2,1H3;1-2H3;2*1H;/q2*-1;;;;+2/p-2. The minimum atomic E-state index is 0. The molecule has 0 nitrogen and oxygen atoms in total. The molecule has 0 fully saturated rings. The number of benzene rings is 2. The molecule has 196 valence electrons. The maximum Gasteiger partial charge on any atom is -0.0313 e. The van der Waals surface area contributed by atoms with Crippen molar-refractivity contribution in [3.05, 3.63) is 142 Å². The second kappa shape index (κ2) is 15.8. The van der Waals surface area contributed by atoms with E-state index in [2.05, 4.69) is 124 Å². The van der Waals surface area contributed by atoms with E-state index in [1.54, 1.807) is 23.3 Å². The molecule has 0 aromatic heterocycles. The van der Waals surface area contributed by atoms with Gasteiger partial charge in [0.1, 0.15) is 0 Å². The summed E-state index contributed by atoms with van der Waals surface area (Å²) < 4.78 is 0. The van der Waals surface area contributed by atoms with Gasteiger partial charge in [-0.2, -0.15) is 45.5 Å². The third-order valence-corrected chi connectivity index (χ3v) is 6.51. The van der Waals surface area contributed by atoms with Crippen molar-refractivity contribution in [3.63, 3.8) is 0 Å². The van der Waals surface area contributed by atoms with Gasteiger partial charge in [-0.05, 0) is 36.8 Å². The number of aryl methyl sites for hydroxylation is 4. The molecule has 6 rings (SSSR count). The fourth-order valence-corrected chi connectivity index (χ4v) is 5.09. The molecule has 4 aromatic rings. The first-order valence-corrected chi connectivity index (χ1v) is 19.2. The number of fused-ring (bicyclic) bond motifs is 2. The molecule has 4 heteroatoms. The molecule has 0 saturated carbocycles. The number of allylic oxidation sites excluding steroid dienone is 2. The van der Waals surface area contributed by atoms with Crippen molar-refractivity contribution in [1.82, 2.24) is 0 Å². The van der Waals surface area contributed by atoms with E-state index in [0.29, 0.717) is 0 Å². The Hall–Kier alpha value is -1.70. The molecule has 0 bridgehead atoms. The normalized spacial score (nSPS) is 12.9. The van der Waals surface area contributed by atoms with Crippen LogP contribution in [0.25, 0.3) is 11.1 Å². The second-order valence-corrected chi connectivity index (χ2v) is 19.4. The van der Waals surface area contributed by atoms with Crippen LogP contribution in [-0.2, 0) is 36.2 Å². The minimum Gasteiger partial charge on any atom is -1.00 e. The number of hydrogen-bond donors (Lipinski definition) is 0. The summed E-state index contributed by atoms with van der Waals surface area (Å²) in [6, 6.07) is 30.7. The molecular weight excluding hydrogens is 599 g/mol. The SMILES string of the molecule is C[Si](C)=[Zr+2].Cc1cc2c([cH-]1)CCC=C2c1ccccc1.Cc1cc2c([cH-]1)CCC=C2c1ccccc1.[Cl-].[Cl-]. The van der Waals surface area contributed by atoms with E-state index in [1.807, 2.05) is 0 Å². The zero-order chi connectivity index (χ0) is 25.5. The van der Waals surface area contributed by atoms with Gasteiger partial charge >= 0.3 is 41.9 Å². The van der Waals surface area contributed by atoms with Crippen LogP contribution in [0, 0.1) is 13.8 Å². The van der Waals surface area contributed by atoms with Crippen LogP contribution in [0.15, 0.2) is 97.1 Å². The van der Waals surface area contributed by atoms with E-state index in [-0.39, 0.29) is 30.2 Å². The van der Waals surface area contributed by atoms with Gasteiger partial charge in [0, 0.05) is 0 Å². The summed E-state index contributed by atoms with van der Waals surface area (Å²) in [6.07, 6.45) is 9.47. The summed E-state index contributed by atoms with van der Waals surface area (Å²) in [5.74, 6) is 0. The van der Waals surface area contributed by atoms with E-state index in [4.69, 9.17) is 0 Å². The van der Waals surface area contributed by atoms with E-state index >= 15 is 0 Å². The van der Waals surface area contributed by atoms with E-state index in [9.17, 15) is 0 Å². The second-order valence-electron chi connectivity index (χ2n) is 9.99. The van der Waals surface area contributed by atoms with Gasteiger partial charge < -0.3 is 24.8 Å². The van der Waals surface area contributed by atoms with Crippen molar-refractivity contribution >= 4 is 16.6 Å². The molecule has 0 N–H and O–H groups in total. The molecule has 2 aliphatic carbocycles. The van der Waals surface area contributed by atoms with Gasteiger partial charge in [-0.3, -0.25) is 0 Å². The van der Waals surface area contributed by atoms with Crippen LogP contribution in [0.3, 0.4) is 0 Å². The first-order chi connectivity index (χ1) is 17.4. The van der Waals surface area contributed by atoms with Crippen molar-refractivity contribution in [3.8, 4) is 0 Å². The molecule has 0 unspecified atom stereocenters. The zero-order valence-corrected chi connectivity index (χ0v) is 27.8. The van der Waals surface area contributed by atoms with Gasteiger partial charge in [-0.25, -0.2) is 12.1 Å². The van der Waals surface area contributed by atoms with Gasteiger partial charge in [0.05, 0.1) is 0 Å². The smallest absolute Gasteiger partial charge is 0.0313 e. The Morgan fingerprint density at radius 2 is 0.974 bits per heavy atom. The summed E-state index contributed by atoms with van der Waals surface area (Å²) in [6.45, 7) is 8.98. The van der Waals surface area contributed by atoms with Crippen LogP contribution in [0.4, 0.5) is 0 Å². The topological polar surface area (TPSA) is 0 Å². The number of halogens is 2. The predicted molar refractivity (Wildman–Crippen MR) is 155 cm³/mol. The van der Waals surface area contributed by atoms with Gasteiger partial charge in [0.15, 0.2) is 0 Å². The molecule has 4 aromatic carbocycles. The van der Waals surface area contributed by atoms with Crippen LogP contribution in [-0.4, -0.2) is 5.43 Å². The third-order valence-electron chi connectivity index (χ3n) is 6.51. The Bertz CT molecular complexity index is 1270. The Balaban J connectivity index is 0.000000224. The van der Waals surface area contributed by atoms with E-state index < -0.39 is 0 Å². The van der Waals surface area contributed by atoms with Crippen LogP contribution >= 0.6 is 0 Å². The van der Waals surface area contributed by atoms with Crippen molar-refractivity contribution < 1.29 is 48.1 Å². The Kier molecular flexibility index (Phi) is 13.5. The minimum absolute atomic E-state index is 0. The average molecular weight is 635 g/mol. The average Bonchev–Trinajstić information content (AvgIpc) is 3.45. The maximum absolute atomic E-state index is 2.37. The zero-order valence-electron chi connectivity index (χ0n) is 22.8. The van der Waals surface area contributed by atoms with Crippen molar-refractivity contribution in [2.24, 2.45) is 0 Å². The van der Waals surface area contributed by atoms with Gasteiger partial charge in [0.2, 0.25) is 0 Å². The molecule has 38 heavy (non-hydrogen) atoms. The van der Waals surface area contributed by atoms with Crippen molar-refractivity contribution in [2.45, 2.75) is 52.6 Å². The molecule has 0 heterocycles. The van der Waals surface area contributed by atoms with Crippen LogP contribution in [0.2, 0.25) is 13.1 Å². The Morgan fingerprint density at radius 3 is 1.32 bits per heavy atom. The van der Waals surface area contributed by atoms with Crippen molar-refractivity contribution in [2.75, 3.05) is 0 Å². The summed E-state index contributed by atoms with van der Waals surface area (Å²) in [4.78, 5) is 0. The van der Waals surface area contributed by atoms with E-state index in [0.717, 1.165) is 0 Å². The largest absolute Gasteiger partial charge is 1.00 e. The molecule has 0 saturated heterocycles. The Labute approximate surface area is 257 Å². The van der Waals surface area contributed by atoms with E-state index in [1.165, 1.54) is 81.3 Å². The third kappa shape index (κ3) is 8.65. The van der Waals surface area contributed by atoms with Crippen LogP contribution in [0.1, 0.15) is 57.3 Å². The first-order valence-electron chi connectivity index (χ1n) is 13.0. The molecule has 0 radical (unpaired) electrons. The summed E-state index contributed by atoms with van der Waals surface area (Å²) in [7, 11) is 0. The quantitative estimate of drug-likeness (QED) is 0.235. The molecule has 2 aliphatic rings. The molecule has 0 amide bonds. The fraction of sp³-hybridized carbons (Fsp3) is 0.235. The van der Waals surface area contributed by atoms with Crippen molar-refractivity contribution in [1.29, 1.82) is 0 Å². The van der Waals surface area contributed by atoms with Crippen LogP contribution < -0.4 is 24.8 Å². The van der Waals surface area contributed by atoms with Gasteiger partial charge in [-0.1, -0.05) is 97.8 Å². The fourth-order valence-electron chi connectivity index (χ4n) is 5.09. The molecule has 0 aliphatic heterocycles. The summed E-state index contributed by atoms with van der Waals surface area (Å²) in [5, 5.41) is 0. The predicted octanol–water partition coefficient (Wildman–Crippen LogP) is 2.98. The molecule has 0 atom stereocenters. The molecule has 0 spiro atoms. The monoisotopic (exact) mass is 632 g/mol. The number of rotatable bonds is 2. The number of hydrogen-bond acceptors (Lipinski definition) is 0. The first kappa shape index (κ1) is 32.5. The van der Waals surface area contributed by atoms with Gasteiger partial charge in [0.25, 0.3) is 0 Å². The maximum atomic E-state index is 2.37. The van der Waals surface area contributed by atoms with Crippen LogP contribution in [0.5, 0.6) is 0 Å². The summed E-state index contributed by atoms with van der Waals surface area (Å²) in [5.41, 5.74) is 14.4. The van der Waals surface area contributed by atoms with Gasteiger partial charge in [-0.15, -0.1) is 0 Å².